The van der Waals surface area contributed by atoms with E-state index in [2.05, 4.69) is 10.2 Å². The van der Waals surface area contributed by atoms with Crippen LogP contribution in [-0.2, 0) is 4.79 Å². The lowest BCUT2D eigenvalue weighted by Gasteiger charge is -2.12. The van der Waals surface area contributed by atoms with Gasteiger partial charge in [-0.15, -0.1) is 0 Å². The molecule has 19 heavy (non-hydrogen) atoms. The summed E-state index contributed by atoms with van der Waals surface area (Å²) in [6.07, 6.45) is 0.827. The number of carbonyl (C=O) groups is 2. The summed E-state index contributed by atoms with van der Waals surface area (Å²) < 4.78 is 0. The van der Waals surface area contributed by atoms with Crippen LogP contribution >= 0.6 is 11.6 Å². The Kier molecular flexibility index (Phi) is 4.07. The van der Waals surface area contributed by atoms with E-state index in [9.17, 15) is 9.59 Å². The molecule has 1 aromatic rings. The molecule has 0 aromatic heterocycles. The molecule has 1 aromatic carbocycles. The van der Waals surface area contributed by atoms with Crippen molar-refractivity contribution in [2.45, 2.75) is 6.42 Å². The molecule has 1 saturated heterocycles. The Hall–Kier alpha value is -1.59. The van der Waals surface area contributed by atoms with Crippen LogP contribution in [0.1, 0.15) is 16.8 Å². The van der Waals surface area contributed by atoms with E-state index < -0.39 is 5.97 Å². The number of halogens is 1. The summed E-state index contributed by atoms with van der Waals surface area (Å²) in [5.41, 5.74) is 0.551. The number of carbonyl (C=O) groups excluding carboxylic acids is 1. The zero-order chi connectivity index (χ0) is 14.0. The summed E-state index contributed by atoms with van der Waals surface area (Å²) in [5, 5.41) is 11.8. The molecule has 1 amide bonds. The first-order chi connectivity index (χ1) is 8.97. The number of anilines is 1. The normalized spacial score (nSPS) is 19.4. The van der Waals surface area contributed by atoms with Crippen molar-refractivity contribution in [2.24, 2.45) is 5.92 Å². The molecule has 1 unspecified atom stereocenters. The second-order valence-corrected chi connectivity index (χ2v) is 5.14. The van der Waals surface area contributed by atoms with Crippen molar-refractivity contribution in [1.82, 2.24) is 4.90 Å². The molecule has 0 bridgehead atoms. The zero-order valence-corrected chi connectivity index (χ0v) is 11.3. The fourth-order valence-corrected chi connectivity index (χ4v) is 2.36. The molecule has 102 valence electrons. The first-order valence-corrected chi connectivity index (χ1v) is 6.37. The van der Waals surface area contributed by atoms with Crippen LogP contribution in [0.4, 0.5) is 5.69 Å². The molecule has 2 N–H and O–H groups in total. The van der Waals surface area contributed by atoms with Gasteiger partial charge in [0, 0.05) is 6.54 Å². The zero-order valence-electron chi connectivity index (χ0n) is 10.5. The number of benzene rings is 1. The third kappa shape index (κ3) is 3.24. The van der Waals surface area contributed by atoms with Crippen LogP contribution in [0.2, 0.25) is 5.02 Å². The summed E-state index contributed by atoms with van der Waals surface area (Å²) in [5.74, 6) is -1.16. The van der Waals surface area contributed by atoms with Gasteiger partial charge >= 0.3 is 5.97 Å². The molecule has 1 heterocycles. The lowest BCUT2D eigenvalue weighted by molar-refractivity contribution is -0.119. The van der Waals surface area contributed by atoms with E-state index in [-0.39, 0.29) is 22.4 Å². The molecule has 1 atom stereocenters. The first-order valence-electron chi connectivity index (χ1n) is 5.99. The van der Waals surface area contributed by atoms with E-state index in [0.29, 0.717) is 5.69 Å². The van der Waals surface area contributed by atoms with E-state index in [1.165, 1.54) is 18.2 Å². The summed E-state index contributed by atoms with van der Waals surface area (Å²) in [7, 11) is 1.97. The highest BCUT2D eigenvalue weighted by Crippen LogP contribution is 2.25. The van der Waals surface area contributed by atoms with Crippen LogP contribution in [0.5, 0.6) is 0 Å². The molecule has 1 fully saturated rings. The molecule has 6 heteroatoms. The molecule has 0 spiro atoms. The number of hydrogen-bond donors (Lipinski definition) is 2. The van der Waals surface area contributed by atoms with Crippen molar-refractivity contribution < 1.29 is 14.7 Å². The third-order valence-electron chi connectivity index (χ3n) is 3.24. The van der Waals surface area contributed by atoms with Crippen LogP contribution in [-0.4, -0.2) is 42.0 Å². The van der Waals surface area contributed by atoms with E-state index in [4.69, 9.17) is 16.7 Å². The number of nitrogens with one attached hydrogen (secondary N) is 1. The minimum absolute atomic E-state index is 0.0415. The topological polar surface area (TPSA) is 69.6 Å². The van der Waals surface area contributed by atoms with Gasteiger partial charge in [-0.05, 0) is 38.2 Å². The van der Waals surface area contributed by atoms with Gasteiger partial charge in [0.25, 0.3) is 0 Å². The molecule has 0 aliphatic carbocycles. The number of aromatic carboxylic acids is 1. The van der Waals surface area contributed by atoms with Gasteiger partial charge < -0.3 is 15.3 Å². The molecule has 5 nitrogen and oxygen atoms in total. The number of hydrogen-bond acceptors (Lipinski definition) is 3. The second-order valence-electron chi connectivity index (χ2n) is 4.74. The first kappa shape index (κ1) is 13.8. The number of rotatable bonds is 3. The van der Waals surface area contributed by atoms with Crippen LogP contribution in [0, 0.1) is 5.92 Å². The Bertz CT molecular complexity index is 519. The predicted molar refractivity (Wildman–Crippen MR) is 72.6 cm³/mol. The minimum Gasteiger partial charge on any atom is -0.478 e. The van der Waals surface area contributed by atoms with Crippen molar-refractivity contribution in [3.05, 3.63) is 28.8 Å². The molecular weight excluding hydrogens is 268 g/mol. The average molecular weight is 283 g/mol. The standard InChI is InChI=1S/C13H15ClN2O3/c1-16-5-4-9(7-16)12(17)15-11-3-2-8(13(18)19)6-10(11)14/h2-3,6,9H,4-5,7H2,1H3,(H,15,17)(H,18,19). The average Bonchev–Trinajstić information content (AvgIpc) is 2.78. The van der Waals surface area contributed by atoms with Crippen LogP contribution < -0.4 is 5.32 Å². The monoisotopic (exact) mass is 282 g/mol. The largest absolute Gasteiger partial charge is 0.478 e. The molecule has 2 rings (SSSR count). The second kappa shape index (κ2) is 5.59. The Morgan fingerprint density at radius 3 is 2.74 bits per heavy atom. The van der Waals surface area contributed by atoms with Gasteiger partial charge in [0.2, 0.25) is 5.91 Å². The maximum Gasteiger partial charge on any atom is 0.335 e. The third-order valence-corrected chi connectivity index (χ3v) is 3.55. The Labute approximate surface area is 116 Å². The predicted octanol–water partition coefficient (Wildman–Crippen LogP) is 1.93. The number of carboxylic acids is 1. The maximum atomic E-state index is 12.0. The van der Waals surface area contributed by atoms with Gasteiger partial charge in [-0.1, -0.05) is 11.6 Å². The van der Waals surface area contributed by atoms with Crippen molar-refractivity contribution in [3.8, 4) is 0 Å². The minimum atomic E-state index is -1.04. The molecular formula is C13H15ClN2O3. The van der Waals surface area contributed by atoms with Gasteiger partial charge in [0.15, 0.2) is 0 Å². The maximum absolute atomic E-state index is 12.0. The van der Waals surface area contributed by atoms with E-state index >= 15 is 0 Å². The Morgan fingerprint density at radius 2 is 2.21 bits per heavy atom. The van der Waals surface area contributed by atoms with Crippen molar-refractivity contribution in [1.29, 1.82) is 0 Å². The van der Waals surface area contributed by atoms with E-state index in [1.807, 2.05) is 7.05 Å². The van der Waals surface area contributed by atoms with Gasteiger partial charge in [0.05, 0.1) is 22.2 Å². The fourth-order valence-electron chi connectivity index (χ4n) is 2.13. The highest BCUT2D eigenvalue weighted by Gasteiger charge is 2.26. The van der Waals surface area contributed by atoms with Gasteiger partial charge in [-0.2, -0.15) is 0 Å². The number of amides is 1. The van der Waals surface area contributed by atoms with Gasteiger partial charge in [-0.25, -0.2) is 4.79 Å². The van der Waals surface area contributed by atoms with E-state index in [1.54, 1.807) is 0 Å². The van der Waals surface area contributed by atoms with Crippen LogP contribution in [0.3, 0.4) is 0 Å². The molecule has 0 radical (unpaired) electrons. The number of carboxylic acid groups (broad SMARTS) is 1. The van der Waals surface area contributed by atoms with Crippen LogP contribution in [0.15, 0.2) is 18.2 Å². The summed E-state index contributed by atoms with van der Waals surface area (Å²) in [4.78, 5) is 24.9. The van der Waals surface area contributed by atoms with Crippen molar-refractivity contribution >= 4 is 29.2 Å². The fraction of sp³-hybridized carbons (Fsp3) is 0.385. The SMILES string of the molecule is CN1CCC(C(=O)Nc2ccc(C(=O)O)cc2Cl)C1. The number of likely N-dealkylation sites (tertiary alicyclic amines) is 1. The number of nitrogens with zero attached hydrogens (tertiary/aromatic N) is 1. The summed E-state index contributed by atoms with van der Waals surface area (Å²) in [6.45, 7) is 1.64. The molecule has 1 aliphatic heterocycles. The van der Waals surface area contributed by atoms with Crippen LogP contribution in [0.25, 0.3) is 0 Å². The summed E-state index contributed by atoms with van der Waals surface area (Å²) in [6, 6.07) is 4.27. The lowest BCUT2D eigenvalue weighted by atomic mass is 10.1. The Balaban J connectivity index is 2.07. The van der Waals surface area contributed by atoms with Crippen molar-refractivity contribution in [3.63, 3.8) is 0 Å². The highest BCUT2D eigenvalue weighted by atomic mass is 35.5. The van der Waals surface area contributed by atoms with Gasteiger partial charge in [-0.3, -0.25) is 4.79 Å². The quantitative estimate of drug-likeness (QED) is 0.889. The molecule has 0 saturated carbocycles. The van der Waals surface area contributed by atoms with Crippen molar-refractivity contribution in [2.75, 3.05) is 25.5 Å². The Morgan fingerprint density at radius 1 is 1.47 bits per heavy atom. The smallest absolute Gasteiger partial charge is 0.335 e. The highest BCUT2D eigenvalue weighted by molar-refractivity contribution is 6.34. The lowest BCUT2D eigenvalue weighted by Crippen LogP contribution is -2.25. The summed E-state index contributed by atoms with van der Waals surface area (Å²) >= 11 is 5.96. The van der Waals surface area contributed by atoms with E-state index in [0.717, 1.165) is 19.5 Å². The van der Waals surface area contributed by atoms with Gasteiger partial charge in [0.1, 0.15) is 0 Å². The molecule has 1 aliphatic rings.